The summed E-state index contributed by atoms with van der Waals surface area (Å²) in [6.07, 6.45) is 4.85. The largest absolute Gasteiger partial charge is 0.324 e. The van der Waals surface area contributed by atoms with E-state index in [1.807, 2.05) is 24.3 Å². The fourth-order valence-corrected chi connectivity index (χ4v) is 3.05. The number of likely N-dealkylation sites (tertiary alicyclic amines) is 1. The van der Waals surface area contributed by atoms with E-state index in [-0.39, 0.29) is 5.91 Å². The highest BCUT2D eigenvalue weighted by Gasteiger charge is 2.22. The number of carbonyl (C=O) groups is 1. The Hall–Kier alpha value is -0.870. The summed E-state index contributed by atoms with van der Waals surface area (Å²) < 4.78 is 0.925. The zero-order valence-electron chi connectivity index (χ0n) is 11.4. The third-order valence-electron chi connectivity index (χ3n) is 3.71. The van der Waals surface area contributed by atoms with Gasteiger partial charge in [0.15, 0.2) is 0 Å². The molecule has 1 aliphatic heterocycles. The number of carbonyl (C=O) groups excluding carboxylic acids is 1. The molecule has 1 heterocycles. The fourth-order valence-electron chi connectivity index (χ4n) is 2.67. The first kappa shape index (κ1) is 14.5. The predicted octanol–water partition coefficient (Wildman–Crippen LogP) is 3.65. The maximum Gasteiger partial charge on any atom is 0.238 e. The highest BCUT2D eigenvalue weighted by atomic mass is 79.9. The molecule has 0 aromatic heterocycles. The second-order valence-corrected chi connectivity index (χ2v) is 5.91. The van der Waals surface area contributed by atoms with Gasteiger partial charge in [-0.2, -0.15) is 0 Å². The summed E-state index contributed by atoms with van der Waals surface area (Å²) in [5, 5.41) is 2.97. The lowest BCUT2D eigenvalue weighted by atomic mass is 10.00. The first-order valence-electron chi connectivity index (χ1n) is 6.99. The van der Waals surface area contributed by atoms with Crippen LogP contribution in [0.2, 0.25) is 0 Å². The van der Waals surface area contributed by atoms with E-state index in [9.17, 15) is 4.79 Å². The number of nitrogens with zero attached hydrogens (tertiary/aromatic N) is 1. The van der Waals surface area contributed by atoms with Crippen LogP contribution in [0.15, 0.2) is 28.7 Å². The Balaban J connectivity index is 1.92. The van der Waals surface area contributed by atoms with Crippen molar-refractivity contribution in [1.82, 2.24) is 4.90 Å². The molecular formula is C15H21BrN2O. The van der Waals surface area contributed by atoms with Gasteiger partial charge in [-0.3, -0.25) is 9.69 Å². The summed E-state index contributed by atoms with van der Waals surface area (Å²) in [5.41, 5.74) is 0.845. The Labute approximate surface area is 123 Å². The summed E-state index contributed by atoms with van der Waals surface area (Å²) in [5.74, 6) is 0.0762. The van der Waals surface area contributed by atoms with Gasteiger partial charge < -0.3 is 5.32 Å². The monoisotopic (exact) mass is 324 g/mol. The lowest BCUT2D eigenvalue weighted by Gasteiger charge is -2.34. The maximum absolute atomic E-state index is 12.1. The summed E-state index contributed by atoms with van der Waals surface area (Å²) >= 11 is 3.45. The van der Waals surface area contributed by atoms with E-state index in [2.05, 4.69) is 33.1 Å². The number of hydrogen-bond donors (Lipinski definition) is 1. The molecule has 0 saturated carbocycles. The van der Waals surface area contributed by atoms with Crippen molar-refractivity contribution >= 4 is 27.5 Å². The normalized spacial score (nSPS) is 20.2. The third kappa shape index (κ3) is 4.05. The number of halogens is 1. The number of nitrogens with one attached hydrogen (secondary N) is 1. The topological polar surface area (TPSA) is 32.3 Å². The van der Waals surface area contributed by atoms with E-state index in [1.54, 1.807) is 0 Å². The van der Waals surface area contributed by atoms with Crippen molar-refractivity contribution in [3.05, 3.63) is 28.7 Å². The number of piperidine rings is 1. The van der Waals surface area contributed by atoms with Gasteiger partial charge in [0.2, 0.25) is 5.91 Å². The Morgan fingerprint density at radius 3 is 2.95 bits per heavy atom. The van der Waals surface area contributed by atoms with Gasteiger partial charge in [0.05, 0.1) is 12.2 Å². The number of para-hydroxylation sites is 1. The van der Waals surface area contributed by atoms with Crippen molar-refractivity contribution < 1.29 is 4.79 Å². The van der Waals surface area contributed by atoms with E-state index in [0.717, 1.165) is 23.1 Å². The van der Waals surface area contributed by atoms with Crippen LogP contribution in [-0.2, 0) is 4.79 Å². The minimum atomic E-state index is 0.0762. The zero-order chi connectivity index (χ0) is 13.7. The van der Waals surface area contributed by atoms with E-state index in [4.69, 9.17) is 0 Å². The lowest BCUT2D eigenvalue weighted by Crippen LogP contribution is -2.43. The molecule has 0 radical (unpaired) electrons. The molecular weight excluding hydrogens is 304 g/mol. The number of benzene rings is 1. The molecule has 0 aliphatic carbocycles. The van der Waals surface area contributed by atoms with Gasteiger partial charge in [-0.1, -0.05) is 25.5 Å². The number of hydrogen-bond acceptors (Lipinski definition) is 2. The molecule has 0 bridgehead atoms. The minimum Gasteiger partial charge on any atom is -0.324 e. The van der Waals surface area contributed by atoms with E-state index in [0.29, 0.717) is 12.6 Å². The van der Waals surface area contributed by atoms with Crippen molar-refractivity contribution in [2.24, 2.45) is 0 Å². The maximum atomic E-state index is 12.1. The van der Waals surface area contributed by atoms with Crippen LogP contribution < -0.4 is 5.32 Å². The highest BCUT2D eigenvalue weighted by molar-refractivity contribution is 9.10. The Kier molecular flexibility index (Phi) is 5.40. The minimum absolute atomic E-state index is 0.0762. The number of rotatable bonds is 4. The second-order valence-electron chi connectivity index (χ2n) is 5.06. The average Bonchev–Trinajstić information content (AvgIpc) is 2.42. The van der Waals surface area contributed by atoms with E-state index >= 15 is 0 Å². The quantitative estimate of drug-likeness (QED) is 0.916. The van der Waals surface area contributed by atoms with Gasteiger partial charge in [0.1, 0.15) is 0 Å². The summed E-state index contributed by atoms with van der Waals surface area (Å²) in [4.78, 5) is 14.4. The van der Waals surface area contributed by atoms with Crippen LogP contribution in [0.4, 0.5) is 5.69 Å². The van der Waals surface area contributed by atoms with Gasteiger partial charge in [-0.05, 0) is 53.9 Å². The van der Waals surface area contributed by atoms with E-state index < -0.39 is 0 Å². The lowest BCUT2D eigenvalue weighted by molar-refractivity contribution is -0.118. The molecule has 19 heavy (non-hydrogen) atoms. The number of anilines is 1. The molecule has 1 aromatic rings. The second kappa shape index (κ2) is 7.06. The third-order valence-corrected chi connectivity index (χ3v) is 4.41. The Morgan fingerprint density at radius 1 is 1.42 bits per heavy atom. The van der Waals surface area contributed by atoms with Gasteiger partial charge in [0, 0.05) is 10.5 Å². The molecule has 2 rings (SSSR count). The molecule has 0 unspecified atom stereocenters. The molecule has 1 N–H and O–H groups in total. The van der Waals surface area contributed by atoms with Gasteiger partial charge >= 0.3 is 0 Å². The van der Waals surface area contributed by atoms with E-state index in [1.165, 1.54) is 19.3 Å². The predicted molar refractivity (Wildman–Crippen MR) is 82.3 cm³/mol. The van der Waals surface area contributed by atoms with Crippen LogP contribution in [0.25, 0.3) is 0 Å². The highest BCUT2D eigenvalue weighted by Crippen LogP contribution is 2.22. The van der Waals surface area contributed by atoms with Crippen molar-refractivity contribution in [1.29, 1.82) is 0 Å². The first-order chi connectivity index (χ1) is 9.20. The van der Waals surface area contributed by atoms with Crippen LogP contribution in [-0.4, -0.2) is 29.9 Å². The molecule has 104 valence electrons. The van der Waals surface area contributed by atoms with Crippen molar-refractivity contribution in [3.8, 4) is 0 Å². The van der Waals surface area contributed by atoms with Gasteiger partial charge in [-0.25, -0.2) is 0 Å². The molecule has 1 aromatic carbocycles. The Morgan fingerprint density at radius 2 is 2.21 bits per heavy atom. The molecule has 1 atom stereocenters. The molecule has 1 saturated heterocycles. The van der Waals surface area contributed by atoms with Crippen molar-refractivity contribution in [2.45, 2.75) is 38.6 Å². The summed E-state index contributed by atoms with van der Waals surface area (Å²) in [6, 6.07) is 8.28. The molecule has 1 amide bonds. The summed E-state index contributed by atoms with van der Waals surface area (Å²) in [7, 11) is 0. The average molecular weight is 325 g/mol. The van der Waals surface area contributed by atoms with Crippen molar-refractivity contribution in [3.63, 3.8) is 0 Å². The van der Waals surface area contributed by atoms with Gasteiger partial charge in [-0.15, -0.1) is 0 Å². The molecule has 3 nitrogen and oxygen atoms in total. The standard InChI is InChI=1S/C15H21BrN2O/c1-2-12-7-5-6-10-18(12)11-15(19)17-14-9-4-3-8-13(14)16/h3-4,8-9,12H,2,5-7,10-11H2,1H3,(H,17,19)/t12-/m0/s1. The number of amides is 1. The zero-order valence-corrected chi connectivity index (χ0v) is 12.9. The first-order valence-corrected chi connectivity index (χ1v) is 7.78. The van der Waals surface area contributed by atoms with Crippen LogP contribution in [0.3, 0.4) is 0 Å². The van der Waals surface area contributed by atoms with Gasteiger partial charge in [0.25, 0.3) is 0 Å². The SMILES string of the molecule is CC[C@H]1CCCCN1CC(=O)Nc1ccccc1Br. The van der Waals surface area contributed by atoms with Crippen LogP contribution in [0, 0.1) is 0 Å². The Bertz CT molecular complexity index is 436. The fraction of sp³-hybridized carbons (Fsp3) is 0.533. The van der Waals surface area contributed by atoms with Crippen LogP contribution >= 0.6 is 15.9 Å². The molecule has 0 spiro atoms. The smallest absolute Gasteiger partial charge is 0.238 e. The van der Waals surface area contributed by atoms with Crippen molar-refractivity contribution in [2.75, 3.05) is 18.4 Å². The van der Waals surface area contributed by atoms with Crippen LogP contribution in [0.1, 0.15) is 32.6 Å². The molecule has 4 heteroatoms. The summed E-state index contributed by atoms with van der Waals surface area (Å²) in [6.45, 7) is 3.75. The molecule has 1 fully saturated rings. The van der Waals surface area contributed by atoms with Crippen LogP contribution in [0.5, 0.6) is 0 Å². The molecule has 1 aliphatic rings.